The van der Waals surface area contributed by atoms with Crippen molar-refractivity contribution >= 4 is 40.6 Å². The number of carbonyl (C=O) groups is 1. The van der Waals surface area contributed by atoms with Crippen molar-refractivity contribution < 1.29 is 4.79 Å². The quantitative estimate of drug-likeness (QED) is 0.736. The van der Waals surface area contributed by atoms with Gasteiger partial charge in [0.15, 0.2) is 0 Å². The second kappa shape index (κ2) is 9.68. The van der Waals surface area contributed by atoms with Gasteiger partial charge in [0, 0.05) is 24.5 Å². The van der Waals surface area contributed by atoms with E-state index in [0.717, 1.165) is 35.8 Å². The molecule has 0 aromatic heterocycles. The van der Waals surface area contributed by atoms with Gasteiger partial charge in [-0.05, 0) is 55.2 Å². The van der Waals surface area contributed by atoms with E-state index in [2.05, 4.69) is 16.3 Å². The third-order valence-electron chi connectivity index (χ3n) is 4.51. The van der Waals surface area contributed by atoms with Gasteiger partial charge in [-0.2, -0.15) is 5.26 Å². The zero-order valence-corrected chi connectivity index (χ0v) is 16.7. The van der Waals surface area contributed by atoms with E-state index in [1.54, 1.807) is 23.9 Å². The van der Waals surface area contributed by atoms with Crippen LogP contribution in [0.1, 0.15) is 30.4 Å². The van der Waals surface area contributed by atoms with Crippen molar-refractivity contribution in [2.75, 3.05) is 29.1 Å². The molecule has 1 saturated heterocycles. The molecule has 0 bridgehead atoms. The molecule has 0 atom stereocenters. The van der Waals surface area contributed by atoms with Crippen molar-refractivity contribution in [2.45, 2.75) is 25.0 Å². The molecule has 2 aromatic carbocycles. The number of hydrogen-bond acceptors (Lipinski definition) is 4. The predicted octanol–water partition coefficient (Wildman–Crippen LogP) is 5.07. The number of amides is 1. The average Bonchev–Trinajstić information content (AvgIpc) is 2.69. The number of carbonyl (C=O) groups excluding carboxylic acids is 1. The Labute approximate surface area is 169 Å². The number of benzene rings is 2. The summed E-state index contributed by atoms with van der Waals surface area (Å²) in [5, 5.41) is 12.4. The molecule has 4 nitrogen and oxygen atoms in total. The molecule has 1 N–H and O–H groups in total. The Morgan fingerprint density at radius 2 is 1.89 bits per heavy atom. The molecule has 1 fully saturated rings. The van der Waals surface area contributed by atoms with E-state index >= 15 is 0 Å². The van der Waals surface area contributed by atoms with Crippen LogP contribution in [0, 0.1) is 11.3 Å². The van der Waals surface area contributed by atoms with Crippen molar-refractivity contribution in [1.82, 2.24) is 0 Å². The van der Waals surface area contributed by atoms with Gasteiger partial charge in [-0.3, -0.25) is 4.79 Å². The largest absolute Gasteiger partial charge is 0.370 e. The van der Waals surface area contributed by atoms with Gasteiger partial charge in [0.1, 0.15) is 0 Å². The minimum atomic E-state index is -0.0459. The lowest BCUT2D eigenvalue weighted by atomic mass is 10.1. The summed E-state index contributed by atoms with van der Waals surface area (Å²) >= 11 is 7.98. The van der Waals surface area contributed by atoms with Gasteiger partial charge in [0.25, 0.3) is 0 Å². The van der Waals surface area contributed by atoms with Crippen LogP contribution in [0.3, 0.4) is 0 Å². The summed E-state index contributed by atoms with van der Waals surface area (Å²) in [6.45, 7) is 2.08. The molecule has 1 heterocycles. The third-order valence-corrected chi connectivity index (χ3v) is 5.82. The smallest absolute Gasteiger partial charge is 0.234 e. The van der Waals surface area contributed by atoms with E-state index in [1.165, 1.54) is 19.3 Å². The van der Waals surface area contributed by atoms with Crippen molar-refractivity contribution in [3.05, 3.63) is 58.6 Å². The Kier molecular flexibility index (Phi) is 7.03. The summed E-state index contributed by atoms with van der Waals surface area (Å²) in [6.07, 6.45) is 3.68. The molecule has 0 radical (unpaired) electrons. The van der Waals surface area contributed by atoms with E-state index in [-0.39, 0.29) is 5.91 Å². The molecule has 140 valence electrons. The van der Waals surface area contributed by atoms with Crippen LogP contribution in [-0.2, 0) is 10.5 Å². The second-order valence-corrected chi connectivity index (χ2v) is 7.96. The van der Waals surface area contributed by atoms with E-state index in [0.29, 0.717) is 16.3 Å². The fraction of sp³-hybridized carbons (Fsp3) is 0.333. The van der Waals surface area contributed by atoms with Crippen molar-refractivity contribution in [3.63, 3.8) is 0 Å². The fourth-order valence-electron chi connectivity index (χ4n) is 3.11. The number of nitriles is 1. The maximum atomic E-state index is 12.2. The second-order valence-electron chi connectivity index (χ2n) is 6.56. The number of hydrogen-bond donors (Lipinski definition) is 1. The maximum absolute atomic E-state index is 12.2. The Morgan fingerprint density at radius 1 is 1.15 bits per heavy atom. The monoisotopic (exact) mass is 399 g/mol. The Morgan fingerprint density at radius 3 is 2.56 bits per heavy atom. The summed E-state index contributed by atoms with van der Waals surface area (Å²) in [5.41, 5.74) is 3.52. The highest BCUT2D eigenvalue weighted by molar-refractivity contribution is 7.99. The van der Waals surface area contributed by atoms with Gasteiger partial charge in [-0.25, -0.2) is 0 Å². The Balaban J connectivity index is 1.48. The van der Waals surface area contributed by atoms with Gasteiger partial charge >= 0.3 is 0 Å². The maximum Gasteiger partial charge on any atom is 0.234 e. The zero-order chi connectivity index (χ0) is 19.1. The van der Waals surface area contributed by atoms with E-state index < -0.39 is 0 Å². The van der Waals surface area contributed by atoms with Crippen molar-refractivity contribution in [3.8, 4) is 6.07 Å². The molecule has 0 aliphatic carbocycles. The van der Waals surface area contributed by atoms with Gasteiger partial charge in [0.2, 0.25) is 5.91 Å². The van der Waals surface area contributed by atoms with Gasteiger partial charge in [-0.15, -0.1) is 11.8 Å². The van der Waals surface area contributed by atoms with Crippen molar-refractivity contribution in [1.29, 1.82) is 5.26 Å². The summed E-state index contributed by atoms with van der Waals surface area (Å²) in [6, 6.07) is 15.3. The molecule has 1 amide bonds. The lowest BCUT2D eigenvalue weighted by molar-refractivity contribution is -0.113. The van der Waals surface area contributed by atoms with Crippen LogP contribution in [-0.4, -0.2) is 24.7 Å². The van der Waals surface area contributed by atoms with Crippen molar-refractivity contribution in [2.24, 2.45) is 0 Å². The molecular weight excluding hydrogens is 378 g/mol. The zero-order valence-electron chi connectivity index (χ0n) is 15.1. The molecule has 1 aliphatic rings. The molecule has 27 heavy (non-hydrogen) atoms. The molecular formula is C21H22ClN3OS. The molecule has 0 saturated carbocycles. The normalized spacial score (nSPS) is 13.9. The number of nitrogens with zero attached hydrogens (tertiary/aromatic N) is 2. The average molecular weight is 400 g/mol. The van der Waals surface area contributed by atoms with E-state index in [4.69, 9.17) is 16.9 Å². The Bertz CT molecular complexity index is 826. The molecule has 3 rings (SSSR count). The summed E-state index contributed by atoms with van der Waals surface area (Å²) in [7, 11) is 0. The molecule has 2 aromatic rings. The molecule has 0 spiro atoms. The van der Waals surface area contributed by atoms with E-state index in [1.807, 2.05) is 30.3 Å². The number of halogens is 1. The highest BCUT2D eigenvalue weighted by Crippen LogP contribution is 2.30. The third kappa shape index (κ3) is 5.66. The summed E-state index contributed by atoms with van der Waals surface area (Å²) < 4.78 is 0. The van der Waals surface area contributed by atoms with Crippen LogP contribution in [0.15, 0.2) is 42.5 Å². The number of thioether (sulfide) groups is 1. The topological polar surface area (TPSA) is 56.1 Å². The predicted molar refractivity (Wildman–Crippen MR) is 113 cm³/mol. The lowest BCUT2D eigenvalue weighted by Gasteiger charge is -2.29. The summed E-state index contributed by atoms with van der Waals surface area (Å²) in [5.74, 6) is 1.05. The van der Waals surface area contributed by atoms with Crippen LogP contribution >= 0.6 is 23.4 Å². The SMILES string of the molecule is N#Cc1ccc(CSCC(=O)Nc2ccc(N3CCCCC3)c(Cl)c2)cc1. The molecule has 1 aliphatic heterocycles. The van der Waals surface area contributed by atoms with Gasteiger partial charge < -0.3 is 10.2 Å². The first-order chi connectivity index (χ1) is 13.2. The number of nitrogens with one attached hydrogen (secondary N) is 1. The highest BCUT2D eigenvalue weighted by atomic mass is 35.5. The van der Waals surface area contributed by atoms with Crippen LogP contribution < -0.4 is 10.2 Å². The number of anilines is 2. The lowest BCUT2D eigenvalue weighted by Crippen LogP contribution is -2.29. The minimum absolute atomic E-state index is 0.0459. The van der Waals surface area contributed by atoms with Gasteiger partial charge in [0.05, 0.1) is 28.1 Å². The Hall–Kier alpha value is -2.16. The van der Waals surface area contributed by atoms with Crippen LogP contribution in [0.4, 0.5) is 11.4 Å². The van der Waals surface area contributed by atoms with E-state index in [9.17, 15) is 4.79 Å². The standard InChI is InChI=1S/C21H22ClN3OS/c22-19-12-18(8-9-20(19)25-10-2-1-3-11-25)24-21(26)15-27-14-17-6-4-16(13-23)5-7-17/h4-9,12H,1-3,10-11,14-15H2,(H,24,26). The fourth-order valence-corrected chi connectivity index (χ4v) is 4.20. The number of rotatable bonds is 6. The first kappa shape index (κ1) is 19.6. The van der Waals surface area contributed by atoms with Crippen LogP contribution in [0.5, 0.6) is 0 Å². The first-order valence-electron chi connectivity index (χ1n) is 9.07. The minimum Gasteiger partial charge on any atom is -0.370 e. The first-order valence-corrected chi connectivity index (χ1v) is 10.6. The number of piperidine rings is 1. The molecule has 0 unspecified atom stereocenters. The summed E-state index contributed by atoms with van der Waals surface area (Å²) in [4.78, 5) is 14.5. The van der Waals surface area contributed by atoms with Crippen LogP contribution in [0.25, 0.3) is 0 Å². The van der Waals surface area contributed by atoms with Crippen LogP contribution in [0.2, 0.25) is 5.02 Å². The molecule has 6 heteroatoms. The highest BCUT2D eigenvalue weighted by Gasteiger charge is 2.14. The van der Waals surface area contributed by atoms with Gasteiger partial charge in [-0.1, -0.05) is 23.7 Å².